The van der Waals surface area contributed by atoms with Crippen LogP contribution in [-0.4, -0.2) is 50.9 Å². The Morgan fingerprint density at radius 3 is 2.64 bits per heavy atom. The third kappa shape index (κ3) is 2.23. The Bertz CT molecular complexity index is 796. The quantitative estimate of drug-likeness (QED) is 0.740. The maximum atomic E-state index is 5.92. The molecule has 0 amide bonds. The summed E-state index contributed by atoms with van der Waals surface area (Å²) in [7, 11) is 0. The van der Waals surface area contributed by atoms with E-state index < -0.39 is 0 Å². The summed E-state index contributed by atoms with van der Waals surface area (Å²) < 4.78 is 7.13. The molecule has 3 aromatic rings. The fraction of sp³-hybridized carbons (Fsp3) is 0.286. The van der Waals surface area contributed by atoms with Crippen molar-refractivity contribution in [1.82, 2.24) is 24.6 Å². The molecule has 1 saturated heterocycles. The largest absolute Gasteiger partial charge is 0.383 e. The molecular weight excluding hydrogens is 282 g/mol. The van der Waals surface area contributed by atoms with Gasteiger partial charge in [-0.05, 0) is 12.1 Å². The minimum Gasteiger partial charge on any atom is -0.383 e. The number of anilines is 2. The molecule has 2 N–H and O–H groups in total. The molecule has 0 bridgehead atoms. The normalized spacial score (nSPS) is 15.4. The smallest absolute Gasteiger partial charge is 0.256 e. The molecule has 0 saturated carbocycles. The number of rotatable bonds is 2. The minimum atomic E-state index is 0.433. The highest BCUT2D eigenvalue weighted by atomic mass is 16.5. The fourth-order valence-corrected chi connectivity index (χ4v) is 2.51. The molecule has 8 heteroatoms. The van der Waals surface area contributed by atoms with Gasteiger partial charge in [0.2, 0.25) is 0 Å². The zero-order valence-electron chi connectivity index (χ0n) is 11.9. The maximum absolute atomic E-state index is 5.92. The topological polar surface area (TPSA) is 94.5 Å². The van der Waals surface area contributed by atoms with Crippen LogP contribution in [0.1, 0.15) is 0 Å². The number of pyridine rings is 1. The van der Waals surface area contributed by atoms with Gasteiger partial charge >= 0.3 is 0 Å². The van der Waals surface area contributed by atoms with Crippen LogP contribution in [0.25, 0.3) is 17.2 Å². The van der Waals surface area contributed by atoms with E-state index in [2.05, 4.69) is 25.0 Å². The number of hydrogen-bond acceptors (Lipinski definition) is 7. The van der Waals surface area contributed by atoms with Crippen molar-refractivity contribution >= 4 is 17.4 Å². The number of nitrogens with zero attached hydrogens (tertiary/aromatic N) is 6. The van der Waals surface area contributed by atoms with Crippen LogP contribution in [0.3, 0.4) is 0 Å². The van der Waals surface area contributed by atoms with Crippen molar-refractivity contribution < 1.29 is 4.74 Å². The SMILES string of the molecule is Nc1cc(N2CCOCC2)n2nc(-c3ccncc3)nc2n1. The highest BCUT2D eigenvalue weighted by Crippen LogP contribution is 2.22. The summed E-state index contributed by atoms with van der Waals surface area (Å²) in [6.07, 6.45) is 3.43. The lowest BCUT2D eigenvalue weighted by Gasteiger charge is -2.28. The molecule has 112 valence electrons. The Morgan fingerprint density at radius 2 is 1.86 bits per heavy atom. The molecule has 0 spiro atoms. The molecule has 0 radical (unpaired) electrons. The van der Waals surface area contributed by atoms with Gasteiger partial charge in [-0.3, -0.25) is 4.98 Å². The van der Waals surface area contributed by atoms with E-state index in [1.807, 2.05) is 18.2 Å². The predicted molar refractivity (Wildman–Crippen MR) is 81.5 cm³/mol. The molecule has 4 rings (SSSR count). The van der Waals surface area contributed by atoms with Crippen molar-refractivity contribution in [3.63, 3.8) is 0 Å². The summed E-state index contributed by atoms with van der Waals surface area (Å²) in [4.78, 5) is 14.9. The van der Waals surface area contributed by atoms with E-state index in [1.54, 1.807) is 16.9 Å². The molecule has 0 unspecified atom stereocenters. The van der Waals surface area contributed by atoms with Gasteiger partial charge in [0.1, 0.15) is 11.6 Å². The standard InChI is InChI=1S/C14H15N7O/c15-11-9-12(20-5-7-22-8-6-20)21-14(17-11)18-13(19-21)10-1-3-16-4-2-10/h1-4,9H,5-8H2,(H2,15,17,18,19). The van der Waals surface area contributed by atoms with E-state index in [9.17, 15) is 0 Å². The lowest BCUT2D eigenvalue weighted by molar-refractivity contribution is 0.122. The molecule has 3 aromatic heterocycles. The number of fused-ring (bicyclic) bond motifs is 1. The third-order valence-electron chi connectivity index (χ3n) is 3.59. The highest BCUT2D eigenvalue weighted by molar-refractivity contribution is 5.60. The molecule has 4 heterocycles. The number of ether oxygens (including phenoxy) is 1. The molecule has 1 aliphatic rings. The summed E-state index contributed by atoms with van der Waals surface area (Å²) in [5, 5.41) is 4.58. The first-order valence-corrected chi connectivity index (χ1v) is 7.08. The van der Waals surface area contributed by atoms with Crippen LogP contribution in [0.2, 0.25) is 0 Å². The monoisotopic (exact) mass is 297 g/mol. The van der Waals surface area contributed by atoms with Crippen LogP contribution in [0.5, 0.6) is 0 Å². The van der Waals surface area contributed by atoms with Gasteiger partial charge in [-0.25, -0.2) is 0 Å². The van der Waals surface area contributed by atoms with E-state index >= 15 is 0 Å². The van der Waals surface area contributed by atoms with Crippen LogP contribution >= 0.6 is 0 Å². The van der Waals surface area contributed by atoms with Crippen LogP contribution in [0, 0.1) is 0 Å². The van der Waals surface area contributed by atoms with Crippen molar-refractivity contribution in [2.75, 3.05) is 36.9 Å². The Kier molecular flexibility index (Phi) is 3.08. The summed E-state index contributed by atoms with van der Waals surface area (Å²) in [6.45, 7) is 2.97. The van der Waals surface area contributed by atoms with E-state index in [1.165, 1.54) is 0 Å². The van der Waals surface area contributed by atoms with Gasteiger partial charge in [-0.15, -0.1) is 5.10 Å². The summed E-state index contributed by atoms with van der Waals surface area (Å²) in [6, 6.07) is 5.56. The maximum Gasteiger partial charge on any atom is 0.256 e. The minimum absolute atomic E-state index is 0.433. The molecular formula is C14H15N7O. The van der Waals surface area contributed by atoms with Gasteiger partial charge in [0.05, 0.1) is 13.2 Å². The van der Waals surface area contributed by atoms with Crippen LogP contribution in [-0.2, 0) is 4.74 Å². The van der Waals surface area contributed by atoms with Crippen molar-refractivity contribution in [2.45, 2.75) is 0 Å². The van der Waals surface area contributed by atoms with E-state index in [4.69, 9.17) is 10.5 Å². The Balaban J connectivity index is 1.84. The van der Waals surface area contributed by atoms with Crippen molar-refractivity contribution in [1.29, 1.82) is 0 Å². The van der Waals surface area contributed by atoms with Crippen molar-refractivity contribution in [3.8, 4) is 11.4 Å². The fourth-order valence-electron chi connectivity index (χ4n) is 2.51. The first-order valence-electron chi connectivity index (χ1n) is 7.08. The second-order valence-corrected chi connectivity index (χ2v) is 5.02. The molecule has 22 heavy (non-hydrogen) atoms. The highest BCUT2D eigenvalue weighted by Gasteiger charge is 2.18. The molecule has 1 fully saturated rings. The summed E-state index contributed by atoms with van der Waals surface area (Å²) >= 11 is 0. The number of nitrogen functional groups attached to an aromatic ring is 1. The van der Waals surface area contributed by atoms with Gasteiger partial charge in [0.25, 0.3) is 5.78 Å². The van der Waals surface area contributed by atoms with Gasteiger partial charge in [0.15, 0.2) is 5.82 Å². The van der Waals surface area contributed by atoms with Crippen molar-refractivity contribution in [2.24, 2.45) is 0 Å². The Morgan fingerprint density at radius 1 is 1.09 bits per heavy atom. The first kappa shape index (κ1) is 13.0. The zero-order valence-corrected chi connectivity index (χ0v) is 11.9. The van der Waals surface area contributed by atoms with Crippen molar-refractivity contribution in [3.05, 3.63) is 30.6 Å². The lowest BCUT2D eigenvalue weighted by Crippen LogP contribution is -2.37. The van der Waals surface area contributed by atoms with Crippen LogP contribution in [0.15, 0.2) is 30.6 Å². The molecule has 0 aliphatic carbocycles. The lowest BCUT2D eigenvalue weighted by atomic mass is 10.3. The number of morpholine rings is 1. The Hall–Kier alpha value is -2.74. The second-order valence-electron chi connectivity index (χ2n) is 5.02. The molecule has 1 aliphatic heterocycles. The third-order valence-corrected chi connectivity index (χ3v) is 3.59. The van der Waals surface area contributed by atoms with Crippen LogP contribution < -0.4 is 10.6 Å². The molecule has 0 atom stereocenters. The van der Waals surface area contributed by atoms with Gasteiger partial charge < -0.3 is 15.4 Å². The average Bonchev–Trinajstić information content (AvgIpc) is 2.99. The van der Waals surface area contributed by atoms with Gasteiger partial charge in [-0.1, -0.05) is 0 Å². The first-order chi connectivity index (χ1) is 10.8. The number of aromatic nitrogens is 5. The van der Waals surface area contributed by atoms with E-state index in [-0.39, 0.29) is 0 Å². The van der Waals surface area contributed by atoms with Gasteiger partial charge in [-0.2, -0.15) is 14.5 Å². The second kappa shape index (κ2) is 5.23. The zero-order chi connectivity index (χ0) is 14.9. The predicted octanol–water partition coefficient (Wildman–Crippen LogP) is 0.605. The molecule has 0 aromatic carbocycles. The van der Waals surface area contributed by atoms with Crippen LogP contribution in [0.4, 0.5) is 11.6 Å². The van der Waals surface area contributed by atoms with E-state index in [0.717, 1.165) is 24.5 Å². The number of nitrogens with two attached hydrogens (primary N) is 1. The summed E-state index contributed by atoms with van der Waals surface area (Å²) in [5.41, 5.74) is 6.81. The average molecular weight is 297 g/mol. The summed E-state index contributed by atoms with van der Waals surface area (Å²) in [5.74, 6) is 2.42. The number of hydrogen-bond donors (Lipinski definition) is 1. The van der Waals surface area contributed by atoms with E-state index in [0.29, 0.717) is 30.6 Å². The Labute approximate surface area is 126 Å². The van der Waals surface area contributed by atoms with Gasteiger partial charge in [0, 0.05) is 37.1 Å². The molecule has 8 nitrogen and oxygen atoms in total.